The lowest BCUT2D eigenvalue weighted by atomic mass is 10.0. The first-order valence-corrected chi connectivity index (χ1v) is 23.0. The molecule has 7 aromatic rings. The second-order valence-corrected chi connectivity index (χ2v) is 19.4. The summed E-state index contributed by atoms with van der Waals surface area (Å²) >= 11 is 3.52. The fraction of sp³-hybridized carbons (Fsp3) is 0.184. The maximum atomic E-state index is 6.16. The van der Waals surface area contributed by atoms with Gasteiger partial charge in [-0.05, 0) is 163 Å². The largest absolute Gasteiger partial charge is 0.547 e. The van der Waals surface area contributed by atoms with Crippen LogP contribution in [-0.4, -0.2) is 28.6 Å². The van der Waals surface area contributed by atoms with E-state index in [0.29, 0.717) is 19.8 Å². The molecular formula is C49H45NO3S2Si. The average Bonchev–Trinajstić information content (AvgIpc) is 4.01. The first-order chi connectivity index (χ1) is 27.5. The molecule has 0 unspecified atom stereocenters. The van der Waals surface area contributed by atoms with Crippen LogP contribution in [0.3, 0.4) is 0 Å². The van der Waals surface area contributed by atoms with Gasteiger partial charge in [0.05, 0.1) is 4.50 Å². The molecule has 0 fully saturated rings. The molecule has 0 radical (unpaired) electrons. The highest BCUT2D eigenvalue weighted by Crippen LogP contribution is 2.45. The highest BCUT2D eigenvalue weighted by atomic mass is 32.1. The smallest absolute Gasteiger partial charge is 0.370 e. The van der Waals surface area contributed by atoms with Crippen LogP contribution in [-0.2, 0) is 26.1 Å². The molecule has 56 heavy (non-hydrogen) atoms. The SMILES string of the molecule is CCO[Si](OCC)(OCC)c1ccc(/C=C/c2sc(-c3ccc(N(c4ccc5c(c4)Cc4ccccc4-5)c4ccc5c(c4)Cc4ccccc4-5)cc3)cc2C)s1. The Balaban J connectivity index is 1.01. The molecule has 0 spiro atoms. The van der Waals surface area contributed by atoms with Gasteiger partial charge >= 0.3 is 8.80 Å². The zero-order valence-electron chi connectivity index (χ0n) is 32.3. The summed E-state index contributed by atoms with van der Waals surface area (Å²) in [6.07, 6.45) is 6.36. The van der Waals surface area contributed by atoms with Crippen molar-refractivity contribution in [2.45, 2.75) is 40.5 Å². The minimum absolute atomic E-state index is 0.554. The Kier molecular flexibility index (Phi) is 10.2. The molecule has 2 aliphatic rings. The number of rotatable bonds is 13. The number of benzene rings is 5. The normalized spacial score (nSPS) is 12.9. The topological polar surface area (TPSA) is 30.9 Å². The number of thiophene rings is 2. The van der Waals surface area contributed by atoms with E-state index < -0.39 is 8.80 Å². The molecule has 0 atom stereocenters. The predicted molar refractivity (Wildman–Crippen MR) is 239 cm³/mol. The van der Waals surface area contributed by atoms with E-state index in [9.17, 15) is 0 Å². The van der Waals surface area contributed by atoms with E-state index in [1.54, 1.807) is 11.3 Å². The summed E-state index contributed by atoms with van der Waals surface area (Å²) in [5.41, 5.74) is 17.0. The van der Waals surface area contributed by atoms with Crippen molar-refractivity contribution in [1.29, 1.82) is 0 Å². The standard InChI is InChI=1S/C49H45NO3S2Si/c1-5-51-56(52-6-2,53-7-3)49-27-23-42(54-49)22-26-47-33(4)28-48(55-47)34-16-18-39(19-17-34)50(40-20-24-45-37(31-40)29-35-12-8-10-14-43(35)45)41-21-25-46-38(32-41)30-36-13-9-11-15-44(36)46/h8-28,31-32H,5-7,29-30H2,1-4H3/b26-22+. The molecule has 2 aliphatic carbocycles. The lowest BCUT2D eigenvalue weighted by Gasteiger charge is -2.27. The Morgan fingerprint density at radius 1 is 0.554 bits per heavy atom. The van der Waals surface area contributed by atoms with Crippen LogP contribution >= 0.6 is 22.7 Å². The Bertz CT molecular complexity index is 2450. The first-order valence-electron chi connectivity index (χ1n) is 19.6. The van der Waals surface area contributed by atoms with Gasteiger partial charge in [-0.25, -0.2) is 0 Å². The number of fused-ring (bicyclic) bond motifs is 6. The first kappa shape index (κ1) is 36.8. The molecule has 5 aromatic carbocycles. The summed E-state index contributed by atoms with van der Waals surface area (Å²) in [6, 6.07) is 47.3. The van der Waals surface area contributed by atoms with Crippen molar-refractivity contribution < 1.29 is 13.3 Å². The minimum atomic E-state index is -2.92. The van der Waals surface area contributed by atoms with Crippen molar-refractivity contribution in [2.24, 2.45) is 0 Å². The Morgan fingerprint density at radius 3 is 1.66 bits per heavy atom. The summed E-state index contributed by atoms with van der Waals surface area (Å²) < 4.78 is 19.5. The van der Waals surface area contributed by atoms with Crippen LogP contribution in [0.25, 0.3) is 44.8 Å². The summed E-state index contributed by atoms with van der Waals surface area (Å²) in [7, 11) is -2.92. The van der Waals surface area contributed by atoms with E-state index in [0.717, 1.165) is 27.9 Å². The highest BCUT2D eigenvalue weighted by molar-refractivity contribution is 7.24. The van der Waals surface area contributed by atoms with Gasteiger partial charge in [-0.3, -0.25) is 0 Å². The van der Waals surface area contributed by atoms with Gasteiger partial charge in [0, 0.05) is 51.5 Å². The molecule has 2 heterocycles. The quantitative estimate of drug-likeness (QED) is 0.109. The van der Waals surface area contributed by atoms with Crippen molar-refractivity contribution in [2.75, 3.05) is 24.7 Å². The van der Waals surface area contributed by atoms with E-state index in [-0.39, 0.29) is 0 Å². The molecule has 0 saturated heterocycles. The third-order valence-electron chi connectivity index (χ3n) is 10.8. The van der Waals surface area contributed by atoms with E-state index in [4.69, 9.17) is 13.3 Å². The van der Waals surface area contributed by atoms with Gasteiger partial charge in [-0.15, -0.1) is 22.7 Å². The molecular weight excluding hydrogens is 743 g/mol. The number of anilines is 3. The van der Waals surface area contributed by atoms with Gasteiger partial charge in [0.15, 0.2) is 0 Å². The van der Waals surface area contributed by atoms with Crippen LogP contribution in [0.2, 0.25) is 0 Å². The van der Waals surface area contributed by atoms with Gasteiger partial charge < -0.3 is 18.2 Å². The van der Waals surface area contributed by atoms with E-state index in [2.05, 4.69) is 151 Å². The molecule has 0 amide bonds. The maximum absolute atomic E-state index is 6.16. The van der Waals surface area contributed by atoms with Crippen molar-refractivity contribution in [3.63, 3.8) is 0 Å². The van der Waals surface area contributed by atoms with Crippen molar-refractivity contribution in [1.82, 2.24) is 0 Å². The van der Waals surface area contributed by atoms with Crippen molar-refractivity contribution >= 4 is 65.2 Å². The van der Waals surface area contributed by atoms with Crippen LogP contribution in [0.5, 0.6) is 0 Å². The van der Waals surface area contributed by atoms with Crippen LogP contribution in [0, 0.1) is 6.92 Å². The Labute approximate surface area is 339 Å². The Morgan fingerprint density at radius 2 is 1.09 bits per heavy atom. The second kappa shape index (κ2) is 15.6. The van der Waals surface area contributed by atoms with Crippen LogP contribution < -0.4 is 9.40 Å². The van der Waals surface area contributed by atoms with Crippen LogP contribution in [0.15, 0.2) is 127 Å². The molecule has 2 aromatic heterocycles. The second-order valence-electron chi connectivity index (χ2n) is 14.3. The van der Waals surface area contributed by atoms with Crippen molar-refractivity contribution in [3.8, 4) is 32.7 Å². The third kappa shape index (κ3) is 6.83. The van der Waals surface area contributed by atoms with Gasteiger partial charge in [0.2, 0.25) is 0 Å². The number of aryl methyl sites for hydroxylation is 1. The molecule has 9 rings (SSSR count). The Hall–Kier alpha value is -4.86. The van der Waals surface area contributed by atoms with Gasteiger partial charge in [0.1, 0.15) is 0 Å². The zero-order chi connectivity index (χ0) is 38.2. The fourth-order valence-electron chi connectivity index (χ4n) is 8.24. The van der Waals surface area contributed by atoms with E-state index >= 15 is 0 Å². The average molecular weight is 788 g/mol. The van der Waals surface area contributed by atoms with Crippen LogP contribution in [0.4, 0.5) is 17.1 Å². The summed E-state index contributed by atoms with van der Waals surface area (Å²) in [4.78, 5) is 6.09. The summed E-state index contributed by atoms with van der Waals surface area (Å²) in [5.74, 6) is 0. The highest BCUT2D eigenvalue weighted by Gasteiger charge is 2.44. The molecule has 4 nitrogen and oxygen atoms in total. The summed E-state index contributed by atoms with van der Waals surface area (Å²) in [6.45, 7) is 9.85. The minimum Gasteiger partial charge on any atom is -0.370 e. The monoisotopic (exact) mass is 787 g/mol. The van der Waals surface area contributed by atoms with Gasteiger partial charge in [0.25, 0.3) is 0 Å². The van der Waals surface area contributed by atoms with E-state index in [1.165, 1.54) is 76.8 Å². The zero-order valence-corrected chi connectivity index (χ0v) is 34.9. The maximum Gasteiger partial charge on any atom is 0.547 e. The predicted octanol–water partition coefficient (Wildman–Crippen LogP) is 12.8. The van der Waals surface area contributed by atoms with E-state index in [1.807, 2.05) is 32.1 Å². The number of nitrogens with zero attached hydrogens (tertiary/aromatic N) is 1. The third-order valence-corrected chi connectivity index (χ3v) is 16.7. The fourth-order valence-corrected chi connectivity index (χ4v) is 13.5. The van der Waals surface area contributed by atoms with Gasteiger partial charge in [-0.2, -0.15) is 0 Å². The van der Waals surface area contributed by atoms with Crippen molar-refractivity contribution in [3.05, 3.63) is 165 Å². The molecule has 0 N–H and O–H groups in total. The number of hydrogen-bond acceptors (Lipinski definition) is 6. The lowest BCUT2D eigenvalue weighted by Crippen LogP contribution is -2.55. The molecule has 0 aliphatic heterocycles. The lowest BCUT2D eigenvalue weighted by molar-refractivity contribution is 0.0866. The van der Waals surface area contributed by atoms with Gasteiger partial charge in [-0.1, -0.05) is 72.8 Å². The molecule has 0 saturated carbocycles. The molecule has 7 heteroatoms. The summed E-state index contributed by atoms with van der Waals surface area (Å²) in [5, 5.41) is 0. The molecule has 0 bridgehead atoms. The molecule has 280 valence electrons. The number of hydrogen-bond donors (Lipinski definition) is 0. The van der Waals surface area contributed by atoms with Crippen LogP contribution in [0.1, 0.15) is 58.3 Å².